The van der Waals surface area contributed by atoms with E-state index < -0.39 is 11.7 Å². The fourth-order valence-corrected chi connectivity index (χ4v) is 6.28. The van der Waals surface area contributed by atoms with E-state index in [1.807, 2.05) is 4.90 Å². The number of anilines is 3. The summed E-state index contributed by atoms with van der Waals surface area (Å²) in [6, 6.07) is 3.83. The lowest BCUT2D eigenvalue weighted by Gasteiger charge is -2.42. The van der Waals surface area contributed by atoms with E-state index in [0.717, 1.165) is 64.6 Å². The Balaban J connectivity index is 1.17. The second-order valence-electron chi connectivity index (χ2n) is 11.5. The highest BCUT2D eigenvalue weighted by atomic mass is 19.4. The molecule has 1 aromatic carbocycles. The summed E-state index contributed by atoms with van der Waals surface area (Å²) in [7, 11) is 0. The highest BCUT2D eigenvalue weighted by Gasteiger charge is 2.37. The number of H-pyrrole nitrogens is 1. The summed E-state index contributed by atoms with van der Waals surface area (Å²) >= 11 is 0. The van der Waals surface area contributed by atoms with E-state index in [4.69, 9.17) is 14.2 Å². The van der Waals surface area contributed by atoms with E-state index in [-0.39, 0.29) is 48.0 Å². The molecule has 4 aliphatic rings. The van der Waals surface area contributed by atoms with Crippen molar-refractivity contribution in [3.8, 4) is 11.5 Å². The zero-order valence-corrected chi connectivity index (χ0v) is 23.6. The average Bonchev–Trinajstić information content (AvgIpc) is 3.42. The number of hydrogen-bond donors (Lipinski definition) is 3. The van der Waals surface area contributed by atoms with Crippen molar-refractivity contribution in [3.63, 3.8) is 0 Å². The number of nitrogens with zero attached hydrogens (tertiary/aromatic N) is 4. The number of carbonyl (C=O) groups is 1. The van der Waals surface area contributed by atoms with Crippen molar-refractivity contribution in [2.45, 2.75) is 50.4 Å². The van der Waals surface area contributed by atoms with Crippen molar-refractivity contribution < 1.29 is 32.2 Å². The highest BCUT2D eigenvalue weighted by Crippen LogP contribution is 2.43. The third-order valence-corrected chi connectivity index (χ3v) is 8.69. The smallest absolute Gasteiger partial charge is 0.418 e. The number of ether oxygens (including phenoxy) is 3. The normalized spacial score (nSPS) is 20.2. The van der Waals surface area contributed by atoms with E-state index in [9.17, 15) is 18.0 Å². The monoisotopic (exact) mass is 601 g/mol. The Morgan fingerprint density at radius 2 is 1.72 bits per heavy atom. The molecule has 1 aliphatic carbocycles. The van der Waals surface area contributed by atoms with Gasteiger partial charge in [0.05, 0.1) is 41.5 Å². The van der Waals surface area contributed by atoms with E-state index in [1.54, 1.807) is 12.1 Å². The fourth-order valence-electron chi connectivity index (χ4n) is 6.28. The van der Waals surface area contributed by atoms with Gasteiger partial charge in [-0.05, 0) is 25.0 Å². The highest BCUT2D eigenvalue weighted by molar-refractivity contribution is 5.99. The minimum absolute atomic E-state index is 0.0226. The lowest BCUT2D eigenvalue weighted by atomic mass is 9.95. The number of carbonyl (C=O) groups excluding carboxylic acids is 1. The molecule has 0 spiro atoms. The van der Waals surface area contributed by atoms with Crippen LogP contribution in [0.15, 0.2) is 18.3 Å². The molecule has 0 radical (unpaired) electrons. The average molecular weight is 602 g/mol. The molecule has 1 saturated carbocycles. The predicted octanol–water partition coefficient (Wildman–Crippen LogP) is 4.39. The van der Waals surface area contributed by atoms with E-state index in [2.05, 4.69) is 30.5 Å². The zero-order chi connectivity index (χ0) is 29.6. The molecule has 3 aromatic rings. The lowest BCUT2D eigenvalue weighted by molar-refractivity contribution is -0.136. The second-order valence-corrected chi connectivity index (χ2v) is 11.5. The van der Waals surface area contributed by atoms with Gasteiger partial charge in [0.2, 0.25) is 5.95 Å². The maximum atomic E-state index is 13.9. The van der Waals surface area contributed by atoms with Gasteiger partial charge in [-0.25, -0.2) is 0 Å². The van der Waals surface area contributed by atoms with Gasteiger partial charge in [-0.1, -0.05) is 19.3 Å². The van der Waals surface area contributed by atoms with Gasteiger partial charge in [-0.15, -0.1) is 0 Å². The standard InChI is InChI=1S/C29H34F3N7O4/c30-29(31,32)20-14-33-25-22(20)26(34-17-4-2-1-3-5-17)37-28(36-25)35-21-7-6-19(23-24(21)43-13-12-42-23)27(40)39-10-8-38(9-11-39)18-15-41-16-18/h6-7,14,17-18H,1-5,8-13,15-16H2,(H3,33,34,35,36,37). The molecule has 3 N–H and O–H groups in total. The molecule has 11 nitrogen and oxygen atoms in total. The predicted molar refractivity (Wildman–Crippen MR) is 152 cm³/mol. The van der Waals surface area contributed by atoms with Gasteiger partial charge in [0.1, 0.15) is 24.7 Å². The Labute approximate surface area is 246 Å². The molecular formula is C29H34F3N7O4. The molecule has 2 saturated heterocycles. The van der Waals surface area contributed by atoms with Gasteiger partial charge in [0.15, 0.2) is 11.5 Å². The number of aromatic amines is 1. The maximum Gasteiger partial charge on any atom is 0.418 e. The number of nitrogens with one attached hydrogen (secondary N) is 3. The van der Waals surface area contributed by atoms with Crippen LogP contribution in [0, 0.1) is 0 Å². The minimum atomic E-state index is -4.57. The number of benzene rings is 1. The van der Waals surface area contributed by atoms with Crippen molar-refractivity contribution in [1.82, 2.24) is 24.8 Å². The fraction of sp³-hybridized carbons (Fsp3) is 0.552. The SMILES string of the molecule is O=C(c1ccc(Nc2nc(NC3CCCCC3)c3c(C(F)(F)F)c[nH]c3n2)c2c1OCCO2)N1CCN(C2COC2)CC1. The van der Waals surface area contributed by atoms with Gasteiger partial charge < -0.3 is 34.7 Å². The number of aromatic nitrogens is 3. The van der Waals surface area contributed by atoms with Crippen LogP contribution < -0.4 is 20.1 Å². The summed E-state index contributed by atoms with van der Waals surface area (Å²) in [5, 5.41) is 6.29. The van der Waals surface area contributed by atoms with Crippen LogP contribution in [0.5, 0.6) is 11.5 Å². The van der Waals surface area contributed by atoms with Gasteiger partial charge >= 0.3 is 6.18 Å². The summed E-state index contributed by atoms with van der Waals surface area (Å²) in [6.07, 6.45) is 1.21. The minimum Gasteiger partial charge on any atom is -0.485 e. The quantitative estimate of drug-likeness (QED) is 0.378. The van der Waals surface area contributed by atoms with Crippen molar-refractivity contribution in [2.24, 2.45) is 0 Å². The number of piperazine rings is 1. The molecule has 7 rings (SSSR count). The van der Waals surface area contributed by atoms with Crippen LogP contribution in [0.3, 0.4) is 0 Å². The first-order chi connectivity index (χ1) is 20.8. The van der Waals surface area contributed by atoms with Gasteiger partial charge in [0, 0.05) is 38.4 Å². The zero-order valence-electron chi connectivity index (χ0n) is 23.6. The van der Waals surface area contributed by atoms with Crippen LogP contribution >= 0.6 is 0 Å². The van der Waals surface area contributed by atoms with Crippen LogP contribution in [0.2, 0.25) is 0 Å². The van der Waals surface area contributed by atoms with Crippen molar-refractivity contribution in [3.05, 3.63) is 29.5 Å². The third kappa shape index (κ3) is 5.53. The Kier molecular flexibility index (Phi) is 7.41. The summed E-state index contributed by atoms with van der Waals surface area (Å²) in [6.45, 7) is 4.81. The molecule has 230 valence electrons. The number of hydrogen-bond acceptors (Lipinski definition) is 9. The number of rotatable bonds is 6. The summed E-state index contributed by atoms with van der Waals surface area (Å²) in [5.74, 6) is 0.749. The molecule has 1 amide bonds. The molecule has 0 unspecified atom stereocenters. The van der Waals surface area contributed by atoms with Crippen LogP contribution in [-0.4, -0.2) is 95.3 Å². The third-order valence-electron chi connectivity index (χ3n) is 8.69. The first kappa shape index (κ1) is 28.0. The number of alkyl halides is 3. The largest absolute Gasteiger partial charge is 0.485 e. The van der Waals surface area contributed by atoms with Crippen LogP contribution in [0.25, 0.3) is 11.0 Å². The van der Waals surface area contributed by atoms with E-state index in [1.165, 1.54) is 0 Å². The van der Waals surface area contributed by atoms with Crippen LogP contribution in [0.4, 0.5) is 30.6 Å². The topological polar surface area (TPSA) is 117 Å². The second kappa shape index (κ2) is 11.4. The first-order valence-corrected chi connectivity index (χ1v) is 14.9. The van der Waals surface area contributed by atoms with Gasteiger partial charge in [-0.2, -0.15) is 23.1 Å². The summed E-state index contributed by atoms with van der Waals surface area (Å²) in [5.41, 5.74) is 0.0993. The summed E-state index contributed by atoms with van der Waals surface area (Å²) < 4.78 is 58.8. The Bertz CT molecular complexity index is 1500. The Hall–Kier alpha value is -3.78. The molecule has 3 fully saturated rings. The Morgan fingerprint density at radius 3 is 2.42 bits per heavy atom. The molecule has 14 heteroatoms. The van der Waals surface area contributed by atoms with Crippen LogP contribution in [-0.2, 0) is 10.9 Å². The molecule has 2 aromatic heterocycles. The first-order valence-electron chi connectivity index (χ1n) is 14.9. The lowest BCUT2D eigenvalue weighted by Crippen LogP contribution is -2.57. The van der Waals surface area contributed by atoms with Gasteiger partial charge in [-0.3, -0.25) is 9.69 Å². The number of halogens is 3. The number of fused-ring (bicyclic) bond motifs is 2. The van der Waals surface area contributed by atoms with Crippen molar-refractivity contribution in [2.75, 3.05) is 63.2 Å². The maximum absolute atomic E-state index is 13.9. The Morgan fingerprint density at radius 1 is 0.977 bits per heavy atom. The molecule has 0 bridgehead atoms. The molecule has 5 heterocycles. The van der Waals surface area contributed by atoms with Gasteiger partial charge in [0.25, 0.3) is 5.91 Å². The molecule has 3 aliphatic heterocycles. The van der Waals surface area contributed by atoms with Crippen molar-refractivity contribution >= 4 is 34.4 Å². The molecule has 0 atom stereocenters. The summed E-state index contributed by atoms with van der Waals surface area (Å²) in [4.78, 5) is 29.3. The number of amides is 1. The van der Waals surface area contributed by atoms with Crippen LogP contribution in [0.1, 0.15) is 48.0 Å². The molecule has 43 heavy (non-hydrogen) atoms. The van der Waals surface area contributed by atoms with Crippen molar-refractivity contribution in [1.29, 1.82) is 0 Å². The van der Waals surface area contributed by atoms with E-state index in [0.29, 0.717) is 41.9 Å². The molecular weight excluding hydrogens is 567 g/mol. The van der Waals surface area contributed by atoms with E-state index >= 15 is 0 Å².